The Bertz CT molecular complexity index is 571. The van der Waals surface area contributed by atoms with Gasteiger partial charge in [-0.25, -0.2) is 0 Å². The maximum absolute atomic E-state index is 12.2. The summed E-state index contributed by atoms with van der Waals surface area (Å²) in [4.78, 5) is 13.3. The number of halogens is 2. The molecule has 2 aromatic heterocycles. The van der Waals surface area contributed by atoms with Crippen LogP contribution in [0.1, 0.15) is 16.5 Å². The van der Waals surface area contributed by atoms with E-state index in [1.54, 1.807) is 29.3 Å². The quantitative estimate of drug-likeness (QED) is 0.837. The van der Waals surface area contributed by atoms with Crippen LogP contribution in [0.3, 0.4) is 0 Å². The van der Waals surface area contributed by atoms with Gasteiger partial charge in [-0.1, -0.05) is 0 Å². The summed E-state index contributed by atoms with van der Waals surface area (Å²) in [6.45, 7) is 0.523. The Morgan fingerprint density at radius 1 is 1.60 bits per heavy atom. The third-order valence-electron chi connectivity index (χ3n) is 2.72. The number of aryl methyl sites for hydroxylation is 1. The van der Waals surface area contributed by atoms with Crippen molar-refractivity contribution in [3.8, 4) is 0 Å². The minimum absolute atomic E-state index is 0. The first-order valence-corrected chi connectivity index (χ1v) is 7.44. The molecule has 2 heterocycles. The Balaban J connectivity index is 0.00000200. The van der Waals surface area contributed by atoms with Gasteiger partial charge in [0.15, 0.2) is 0 Å². The van der Waals surface area contributed by atoms with Crippen LogP contribution in [0.25, 0.3) is 0 Å². The molecule has 1 amide bonds. The number of rotatable bonds is 5. The third-order valence-corrected chi connectivity index (χ3v) is 4.65. The van der Waals surface area contributed by atoms with E-state index in [4.69, 9.17) is 0 Å². The molecule has 20 heavy (non-hydrogen) atoms. The second-order valence-electron chi connectivity index (χ2n) is 4.08. The van der Waals surface area contributed by atoms with Crippen molar-refractivity contribution in [2.45, 2.75) is 12.6 Å². The molecule has 1 unspecified atom stereocenters. The number of nitrogens with one attached hydrogen (secondary N) is 2. The Morgan fingerprint density at radius 3 is 2.85 bits per heavy atom. The smallest absolute Gasteiger partial charge is 0.242 e. The van der Waals surface area contributed by atoms with Crippen LogP contribution >= 0.6 is 39.7 Å². The van der Waals surface area contributed by atoms with Crippen LogP contribution in [0.5, 0.6) is 0 Å². The highest BCUT2D eigenvalue weighted by Gasteiger charge is 2.20. The molecule has 2 aromatic rings. The highest BCUT2D eigenvalue weighted by molar-refractivity contribution is 9.10. The first-order valence-electron chi connectivity index (χ1n) is 5.77. The molecule has 0 aliphatic heterocycles. The number of carbonyl (C=O) groups is 1. The van der Waals surface area contributed by atoms with Gasteiger partial charge in [-0.2, -0.15) is 5.10 Å². The van der Waals surface area contributed by atoms with Crippen LogP contribution in [0.4, 0.5) is 0 Å². The summed E-state index contributed by atoms with van der Waals surface area (Å²) < 4.78 is 2.71. The van der Waals surface area contributed by atoms with E-state index < -0.39 is 0 Å². The van der Waals surface area contributed by atoms with Crippen molar-refractivity contribution in [2.24, 2.45) is 7.05 Å². The van der Waals surface area contributed by atoms with Gasteiger partial charge in [0.2, 0.25) is 5.91 Å². The Hall–Kier alpha value is -0.890. The average molecular weight is 380 g/mol. The van der Waals surface area contributed by atoms with Gasteiger partial charge in [0.05, 0.1) is 12.7 Å². The molecule has 2 rings (SSSR count). The van der Waals surface area contributed by atoms with Crippen molar-refractivity contribution in [1.82, 2.24) is 20.4 Å². The van der Waals surface area contributed by atoms with E-state index in [2.05, 4.69) is 31.7 Å². The predicted octanol–water partition coefficient (Wildman–Crippen LogP) is 2.24. The Labute approximate surface area is 136 Å². The highest BCUT2D eigenvalue weighted by atomic mass is 79.9. The zero-order valence-electron chi connectivity index (χ0n) is 11.1. The van der Waals surface area contributed by atoms with Gasteiger partial charge in [0, 0.05) is 28.2 Å². The van der Waals surface area contributed by atoms with Crippen LogP contribution in [0.2, 0.25) is 0 Å². The SMILES string of the molecule is CNC(C(=O)NCc1sccc1Br)c1cnn(C)c1.Cl. The van der Waals surface area contributed by atoms with Crippen molar-refractivity contribution in [3.05, 3.63) is 38.8 Å². The fourth-order valence-electron chi connectivity index (χ4n) is 1.76. The summed E-state index contributed by atoms with van der Waals surface area (Å²) in [6.07, 6.45) is 3.53. The summed E-state index contributed by atoms with van der Waals surface area (Å²) >= 11 is 5.06. The van der Waals surface area contributed by atoms with Gasteiger partial charge >= 0.3 is 0 Å². The van der Waals surface area contributed by atoms with Gasteiger partial charge in [-0.05, 0) is 34.4 Å². The summed E-state index contributed by atoms with van der Waals surface area (Å²) in [5, 5.41) is 12.0. The van der Waals surface area contributed by atoms with Crippen molar-refractivity contribution >= 4 is 45.6 Å². The average Bonchev–Trinajstić information content (AvgIpc) is 2.97. The standard InChI is InChI=1S/C12H15BrN4OS.ClH/c1-14-11(8-5-16-17(2)7-8)12(18)15-6-10-9(13)3-4-19-10;/h3-5,7,11,14H,6H2,1-2H3,(H,15,18);1H. The van der Waals surface area contributed by atoms with Crippen molar-refractivity contribution in [1.29, 1.82) is 0 Å². The van der Waals surface area contributed by atoms with Crippen molar-refractivity contribution in [3.63, 3.8) is 0 Å². The molecule has 1 atom stereocenters. The van der Waals surface area contributed by atoms with Crippen LogP contribution in [0.15, 0.2) is 28.3 Å². The van der Waals surface area contributed by atoms with E-state index in [9.17, 15) is 4.79 Å². The zero-order chi connectivity index (χ0) is 13.8. The van der Waals surface area contributed by atoms with Gasteiger partial charge in [0.25, 0.3) is 0 Å². The van der Waals surface area contributed by atoms with E-state index in [1.165, 1.54) is 0 Å². The molecule has 2 N–H and O–H groups in total. The third kappa shape index (κ3) is 4.05. The Morgan fingerprint density at radius 2 is 2.35 bits per heavy atom. The molecule has 0 radical (unpaired) electrons. The largest absolute Gasteiger partial charge is 0.350 e. The number of amides is 1. The second-order valence-corrected chi connectivity index (χ2v) is 5.93. The number of thiophene rings is 1. The highest BCUT2D eigenvalue weighted by Crippen LogP contribution is 2.22. The maximum Gasteiger partial charge on any atom is 0.242 e. The lowest BCUT2D eigenvalue weighted by molar-refractivity contribution is -0.123. The normalized spacial score (nSPS) is 11.8. The first kappa shape index (κ1) is 17.2. The van der Waals surface area contributed by atoms with Crippen LogP contribution in [0, 0.1) is 0 Å². The van der Waals surface area contributed by atoms with E-state index >= 15 is 0 Å². The molecular formula is C12H16BrClN4OS. The molecule has 0 saturated carbocycles. The number of hydrogen-bond acceptors (Lipinski definition) is 4. The summed E-state index contributed by atoms with van der Waals surface area (Å²) in [6, 6.07) is 1.59. The molecule has 110 valence electrons. The number of aromatic nitrogens is 2. The summed E-state index contributed by atoms with van der Waals surface area (Å²) in [7, 11) is 3.59. The van der Waals surface area contributed by atoms with Crippen LogP contribution < -0.4 is 10.6 Å². The van der Waals surface area contributed by atoms with Crippen LogP contribution in [-0.4, -0.2) is 22.7 Å². The van der Waals surface area contributed by atoms with Gasteiger partial charge in [0.1, 0.15) is 6.04 Å². The number of carbonyl (C=O) groups excluding carboxylic acids is 1. The summed E-state index contributed by atoms with van der Waals surface area (Å²) in [5.74, 6) is -0.0594. The molecule has 0 bridgehead atoms. The first-order chi connectivity index (χ1) is 9.11. The molecule has 0 aromatic carbocycles. The molecule has 0 spiro atoms. The lowest BCUT2D eigenvalue weighted by Crippen LogP contribution is -2.35. The van der Waals surface area contributed by atoms with E-state index in [1.807, 2.05) is 24.7 Å². The van der Waals surface area contributed by atoms with Gasteiger partial charge in [-0.3, -0.25) is 9.48 Å². The fourth-order valence-corrected chi connectivity index (χ4v) is 3.19. The zero-order valence-corrected chi connectivity index (χ0v) is 14.3. The lowest BCUT2D eigenvalue weighted by atomic mass is 10.1. The lowest BCUT2D eigenvalue weighted by Gasteiger charge is -2.14. The Kier molecular flexibility index (Phi) is 6.67. The number of likely N-dealkylation sites (N-methyl/N-ethyl adjacent to an activating group) is 1. The molecule has 5 nitrogen and oxygen atoms in total. The van der Waals surface area contributed by atoms with Gasteiger partial charge < -0.3 is 10.6 Å². The predicted molar refractivity (Wildman–Crippen MR) is 86.1 cm³/mol. The van der Waals surface area contributed by atoms with E-state index in [-0.39, 0.29) is 24.4 Å². The monoisotopic (exact) mass is 378 g/mol. The molecular weight excluding hydrogens is 364 g/mol. The number of hydrogen-bond donors (Lipinski definition) is 2. The minimum atomic E-state index is -0.382. The fraction of sp³-hybridized carbons (Fsp3) is 0.333. The molecule has 0 saturated heterocycles. The summed E-state index contributed by atoms with van der Waals surface area (Å²) in [5.41, 5.74) is 0.854. The van der Waals surface area contributed by atoms with E-state index in [0.29, 0.717) is 6.54 Å². The molecule has 8 heteroatoms. The van der Waals surface area contributed by atoms with E-state index in [0.717, 1.165) is 14.9 Å². The minimum Gasteiger partial charge on any atom is -0.350 e. The van der Waals surface area contributed by atoms with Gasteiger partial charge in [-0.15, -0.1) is 23.7 Å². The van der Waals surface area contributed by atoms with Crippen LogP contribution in [-0.2, 0) is 18.4 Å². The molecule has 0 aliphatic carbocycles. The van der Waals surface area contributed by atoms with Crippen molar-refractivity contribution < 1.29 is 4.79 Å². The molecule has 0 fully saturated rings. The topological polar surface area (TPSA) is 59.0 Å². The number of nitrogens with zero attached hydrogens (tertiary/aromatic N) is 2. The van der Waals surface area contributed by atoms with Crippen molar-refractivity contribution in [2.75, 3.05) is 7.05 Å². The second kappa shape index (κ2) is 7.78. The maximum atomic E-state index is 12.2. The molecule has 0 aliphatic rings.